The molecule has 1 aliphatic rings. The van der Waals surface area contributed by atoms with Crippen LogP contribution in [0.1, 0.15) is 44.5 Å². The predicted molar refractivity (Wildman–Crippen MR) is 80.8 cm³/mol. The van der Waals surface area contributed by atoms with E-state index in [0.717, 1.165) is 23.3 Å². The Hall–Kier alpha value is -1.09. The molecular weight excluding hydrogens is 275 g/mol. The summed E-state index contributed by atoms with van der Waals surface area (Å²) >= 11 is 5.91. The zero-order valence-corrected chi connectivity index (χ0v) is 12.5. The average Bonchev–Trinajstić information content (AvgIpc) is 2.77. The first-order valence-electron chi connectivity index (χ1n) is 7.43. The van der Waals surface area contributed by atoms with Crippen molar-refractivity contribution in [2.45, 2.75) is 45.1 Å². The number of hydrogen-bond donors (Lipinski definition) is 0. The van der Waals surface area contributed by atoms with Crippen LogP contribution in [0, 0.1) is 11.7 Å². The van der Waals surface area contributed by atoms with Crippen molar-refractivity contribution in [3.63, 3.8) is 0 Å². The van der Waals surface area contributed by atoms with Gasteiger partial charge in [-0.25, -0.2) is 9.37 Å². The lowest BCUT2D eigenvalue weighted by molar-refractivity contribution is 0.257. The highest BCUT2D eigenvalue weighted by Gasteiger charge is 2.26. The number of imidazole rings is 1. The summed E-state index contributed by atoms with van der Waals surface area (Å²) in [4.78, 5) is 4.61. The van der Waals surface area contributed by atoms with E-state index in [9.17, 15) is 4.39 Å². The molecule has 4 heteroatoms. The van der Waals surface area contributed by atoms with Crippen LogP contribution in [-0.4, -0.2) is 15.4 Å². The Kier molecular flexibility index (Phi) is 3.97. The van der Waals surface area contributed by atoms with E-state index in [1.165, 1.54) is 37.8 Å². The number of rotatable bonds is 3. The number of halogens is 2. The summed E-state index contributed by atoms with van der Waals surface area (Å²) in [6.07, 6.45) is 5.74. The van der Waals surface area contributed by atoms with Gasteiger partial charge in [0.05, 0.1) is 11.0 Å². The van der Waals surface area contributed by atoms with Crippen LogP contribution in [0.5, 0.6) is 0 Å². The number of nitrogens with zero attached hydrogens (tertiary/aromatic N) is 2. The number of hydrogen-bond acceptors (Lipinski definition) is 1. The second kappa shape index (κ2) is 5.72. The molecule has 0 bridgehead atoms. The third-order valence-electron chi connectivity index (χ3n) is 4.44. The standard InChI is InChI=1S/C16H20ClFN2/c1-11-4-2-3-5-14(11)20-15-7-6-12(18)10-13(15)19-16(20)8-9-17/h6-7,10-11,14H,2-5,8-9H2,1H3. The molecule has 108 valence electrons. The van der Waals surface area contributed by atoms with Gasteiger partial charge in [0.1, 0.15) is 11.6 Å². The third-order valence-corrected chi connectivity index (χ3v) is 4.63. The summed E-state index contributed by atoms with van der Waals surface area (Å²) in [5.41, 5.74) is 1.80. The van der Waals surface area contributed by atoms with Crippen LogP contribution in [0.4, 0.5) is 4.39 Å². The number of fused-ring (bicyclic) bond motifs is 1. The Labute approximate surface area is 123 Å². The zero-order valence-electron chi connectivity index (χ0n) is 11.8. The number of benzene rings is 1. The largest absolute Gasteiger partial charge is 0.325 e. The van der Waals surface area contributed by atoms with Gasteiger partial charge in [-0.05, 0) is 30.9 Å². The maximum Gasteiger partial charge on any atom is 0.125 e. The second-order valence-corrected chi connectivity index (χ2v) is 6.18. The minimum absolute atomic E-state index is 0.226. The molecule has 0 spiro atoms. The van der Waals surface area contributed by atoms with E-state index < -0.39 is 0 Å². The molecule has 1 aromatic carbocycles. The summed E-state index contributed by atoms with van der Waals surface area (Å²) < 4.78 is 15.7. The molecule has 1 saturated carbocycles. The number of aryl methyl sites for hydroxylation is 1. The summed E-state index contributed by atoms with van der Waals surface area (Å²) in [5, 5.41) is 0. The molecule has 1 aromatic heterocycles. The lowest BCUT2D eigenvalue weighted by Crippen LogP contribution is -2.23. The molecule has 0 radical (unpaired) electrons. The maximum atomic E-state index is 13.4. The SMILES string of the molecule is CC1CCCCC1n1c(CCCl)nc2cc(F)ccc21. The Morgan fingerprint density at radius 3 is 2.90 bits per heavy atom. The average molecular weight is 295 g/mol. The minimum atomic E-state index is -0.226. The molecular formula is C16H20ClFN2. The van der Waals surface area contributed by atoms with Crippen molar-refractivity contribution >= 4 is 22.6 Å². The monoisotopic (exact) mass is 294 g/mol. The van der Waals surface area contributed by atoms with Crippen molar-refractivity contribution in [1.82, 2.24) is 9.55 Å². The normalized spacial score (nSPS) is 23.4. The highest BCUT2D eigenvalue weighted by molar-refractivity contribution is 6.17. The molecule has 2 nitrogen and oxygen atoms in total. The molecule has 1 aliphatic carbocycles. The van der Waals surface area contributed by atoms with E-state index in [2.05, 4.69) is 16.5 Å². The van der Waals surface area contributed by atoms with Crippen molar-refractivity contribution in [2.75, 3.05) is 5.88 Å². The van der Waals surface area contributed by atoms with Crippen molar-refractivity contribution in [1.29, 1.82) is 0 Å². The first-order valence-corrected chi connectivity index (χ1v) is 7.96. The minimum Gasteiger partial charge on any atom is -0.325 e. The Morgan fingerprint density at radius 2 is 2.15 bits per heavy atom. The summed E-state index contributed by atoms with van der Waals surface area (Å²) in [6.45, 7) is 2.31. The van der Waals surface area contributed by atoms with Gasteiger partial charge in [-0.15, -0.1) is 11.6 Å². The molecule has 2 atom stereocenters. The smallest absolute Gasteiger partial charge is 0.125 e. The molecule has 0 aliphatic heterocycles. The van der Waals surface area contributed by atoms with Gasteiger partial charge >= 0.3 is 0 Å². The van der Waals surface area contributed by atoms with E-state index in [1.807, 2.05) is 6.07 Å². The van der Waals surface area contributed by atoms with Crippen LogP contribution in [-0.2, 0) is 6.42 Å². The van der Waals surface area contributed by atoms with Crippen molar-refractivity contribution in [3.05, 3.63) is 29.8 Å². The Bertz CT molecular complexity index is 608. The molecule has 0 N–H and O–H groups in total. The maximum absolute atomic E-state index is 13.4. The molecule has 1 fully saturated rings. The lowest BCUT2D eigenvalue weighted by Gasteiger charge is -2.31. The van der Waals surface area contributed by atoms with Gasteiger partial charge in [0.2, 0.25) is 0 Å². The van der Waals surface area contributed by atoms with E-state index in [-0.39, 0.29) is 5.82 Å². The van der Waals surface area contributed by atoms with Crippen LogP contribution < -0.4 is 0 Å². The molecule has 0 amide bonds. The molecule has 2 unspecified atom stereocenters. The van der Waals surface area contributed by atoms with E-state index in [0.29, 0.717) is 17.8 Å². The number of aromatic nitrogens is 2. The second-order valence-electron chi connectivity index (χ2n) is 5.80. The zero-order chi connectivity index (χ0) is 14.1. The van der Waals surface area contributed by atoms with Crippen LogP contribution in [0.2, 0.25) is 0 Å². The molecule has 20 heavy (non-hydrogen) atoms. The summed E-state index contributed by atoms with van der Waals surface area (Å²) in [6, 6.07) is 5.38. The van der Waals surface area contributed by atoms with E-state index in [4.69, 9.17) is 11.6 Å². The lowest BCUT2D eigenvalue weighted by atomic mass is 9.85. The van der Waals surface area contributed by atoms with Gasteiger partial charge in [-0.3, -0.25) is 0 Å². The quantitative estimate of drug-likeness (QED) is 0.750. The van der Waals surface area contributed by atoms with Crippen molar-refractivity contribution < 1.29 is 4.39 Å². The van der Waals surface area contributed by atoms with Crippen molar-refractivity contribution in [3.8, 4) is 0 Å². The van der Waals surface area contributed by atoms with Gasteiger partial charge in [-0.2, -0.15) is 0 Å². The number of alkyl halides is 1. The van der Waals surface area contributed by atoms with E-state index in [1.54, 1.807) is 0 Å². The van der Waals surface area contributed by atoms with E-state index >= 15 is 0 Å². The molecule has 2 aromatic rings. The van der Waals surface area contributed by atoms with Crippen molar-refractivity contribution in [2.24, 2.45) is 5.92 Å². The van der Waals surface area contributed by atoms with Gasteiger partial charge < -0.3 is 4.57 Å². The van der Waals surface area contributed by atoms with Crippen LogP contribution in [0.25, 0.3) is 11.0 Å². The van der Waals surface area contributed by atoms with Crippen LogP contribution >= 0.6 is 11.6 Å². The fraction of sp³-hybridized carbons (Fsp3) is 0.562. The Morgan fingerprint density at radius 1 is 1.35 bits per heavy atom. The highest BCUT2D eigenvalue weighted by Crippen LogP contribution is 2.36. The molecule has 1 heterocycles. The topological polar surface area (TPSA) is 17.8 Å². The summed E-state index contributed by atoms with van der Waals surface area (Å²) in [7, 11) is 0. The van der Waals surface area contributed by atoms with Gasteiger partial charge in [0.25, 0.3) is 0 Å². The molecule has 0 saturated heterocycles. The first kappa shape index (κ1) is 13.9. The van der Waals surface area contributed by atoms with Gasteiger partial charge in [-0.1, -0.05) is 19.8 Å². The third kappa shape index (κ3) is 2.44. The van der Waals surface area contributed by atoms with Gasteiger partial charge in [0, 0.05) is 24.4 Å². The first-order chi connectivity index (χ1) is 9.70. The van der Waals surface area contributed by atoms with Crippen LogP contribution in [0.15, 0.2) is 18.2 Å². The predicted octanol–water partition coefficient (Wildman–Crippen LogP) is 4.71. The highest BCUT2D eigenvalue weighted by atomic mass is 35.5. The van der Waals surface area contributed by atoms with Crippen LogP contribution in [0.3, 0.4) is 0 Å². The fourth-order valence-corrected chi connectivity index (χ4v) is 3.60. The Balaban J connectivity index is 2.12. The van der Waals surface area contributed by atoms with Gasteiger partial charge in [0.15, 0.2) is 0 Å². The fourth-order valence-electron chi connectivity index (χ4n) is 3.43. The molecule has 3 rings (SSSR count). The summed E-state index contributed by atoms with van der Waals surface area (Å²) in [5.74, 6) is 1.96.